The fraction of sp³-hybridized carbons (Fsp3) is 0.609. The van der Waals surface area contributed by atoms with Crippen LogP contribution in [0.15, 0.2) is 45.9 Å². The molecule has 268 valence electrons. The molecule has 6 aliphatic rings. The Hall–Kier alpha value is -3.14. The van der Waals surface area contributed by atoms with Gasteiger partial charge in [-0.25, -0.2) is 9.98 Å². The molecule has 6 unspecified atom stereocenters. The zero-order valence-corrected chi connectivity index (χ0v) is 33.8. The van der Waals surface area contributed by atoms with Crippen molar-refractivity contribution in [3.05, 3.63) is 69.3 Å². The van der Waals surface area contributed by atoms with Crippen molar-refractivity contribution in [1.29, 1.82) is 0 Å². The van der Waals surface area contributed by atoms with Crippen molar-refractivity contribution in [2.24, 2.45) is 33.2 Å². The summed E-state index contributed by atoms with van der Waals surface area (Å²) in [4.78, 5) is 11.4. The van der Waals surface area contributed by atoms with Gasteiger partial charge in [-0.3, -0.25) is 0 Å². The molecule has 0 saturated heterocycles. The van der Waals surface area contributed by atoms with Gasteiger partial charge in [0.05, 0.1) is 11.4 Å². The van der Waals surface area contributed by atoms with Crippen LogP contribution in [-0.4, -0.2) is 22.6 Å². The molecule has 0 N–H and O–H groups in total. The van der Waals surface area contributed by atoms with Crippen molar-refractivity contribution in [2.75, 3.05) is 0 Å². The lowest BCUT2D eigenvalue weighted by Gasteiger charge is -2.65. The molecule has 2 aromatic carbocycles. The molecule has 2 aromatic rings. The smallest absolute Gasteiger partial charge is 0.152 e. The summed E-state index contributed by atoms with van der Waals surface area (Å²) < 4.78 is 15.3. The quantitative estimate of drug-likeness (QED) is 0.286. The molecule has 4 aliphatic carbocycles. The Bertz CT molecular complexity index is 1900. The molecule has 2 bridgehead atoms. The van der Waals surface area contributed by atoms with E-state index in [1.165, 1.54) is 39.0 Å². The average molecular weight is 675 g/mol. The molecular formula is C46H62N2O2. The monoisotopic (exact) mass is 674 g/mol. The second kappa shape index (κ2) is 11.4. The van der Waals surface area contributed by atoms with Gasteiger partial charge in [0, 0.05) is 28.4 Å². The molecule has 1 saturated carbocycles. The summed E-state index contributed by atoms with van der Waals surface area (Å²) in [5.41, 5.74) is 11.9. The molecule has 1 fully saturated rings. The van der Waals surface area contributed by atoms with Gasteiger partial charge in [0.1, 0.15) is 22.9 Å². The van der Waals surface area contributed by atoms with Crippen molar-refractivity contribution < 1.29 is 9.47 Å². The first kappa shape index (κ1) is 35.3. The van der Waals surface area contributed by atoms with E-state index in [1.807, 2.05) is 0 Å². The average Bonchev–Trinajstić information content (AvgIpc) is 3.01. The van der Waals surface area contributed by atoms with Crippen LogP contribution in [0, 0.1) is 23.2 Å². The summed E-state index contributed by atoms with van der Waals surface area (Å²) >= 11 is 0. The minimum absolute atomic E-state index is 0.0490. The normalized spacial score (nSPS) is 30.5. The first-order chi connectivity index (χ1) is 23.3. The van der Waals surface area contributed by atoms with Crippen LogP contribution in [0.25, 0.3) is 0 Å². The van der Waals surface area contributed by atoms with Gasteiger partial charge >= 0.3 is 0 Å². The zero-order chi connectivity index (χ0) is 36.6. The van der Waals surface area contributed by atoms with Crippen LogP contribution in [-0.2, 0) is 0 Å². The second-order valence-electron chi connectivity index (χ2n) is 18.6. The van der Waals surface area contributed by atoms with Crippen LogP contribution in [0.2, 0.25) is 0 Å². The van der Waals surface area contributed by atoms with E-state index in [9.17, 15) is 0 Å². The standard InChI is InChI=1S/C46H62N2O2/c1-22(2)29-20-31(24(5)6)38-40(35(29)26(9)10)50-46(16)37-33-17-18-44(14,34(37)19-28(13)42(46)47-38)43-45(33,15)49-41-36(27(11)12)30(23(3)4)21-32(25(7)8)39(41)48-43/h17-27,33-34,37H,1-16H3. The van der Waals surface area contributed by atoms with Gasteiger partial charge in [0.25, 0.3) is 0 Å². The van der Waals surface area contributed by atoms with E-state index in [4.69, 9.17) is 19.5 Å². The largest absolute Gasteiger partial charge is 0.478 e. The number of hydrogen-bond donors (Lipinski definition) is 0. The van der Waals surface area contributed by atoms with Crippen LogP contribution in [0.4, 0.5) is 11.4 Å². The third kappa shape index (κ3) is 4.61. The summed E-state index contributed by atoms with van der Waals surface area (Å²) in [6.45, 7) is 37.0. The van der Waals surface area contributed by atoms with Crippen LogP contribution >= 0.6 is 0 Å². The molecule has 0 amide bonds. The SMILES string of the molecule is CC1=CC2C(C3C=CC2(C)C2=Nc4c(C(C)C)cc(C(C)C)c(C(C)C)c4OC23C)C2(C)Oc3c(c(C(C)C)cc(C(C)C)c3C(C)C)N=C12. The minimum Gasteiger partial charge on any atom is -0.478 e. The highest BCUT2D eigenvalue weighted by molar-refractivity contribution is 6.12. The van der Waals surface area contributed by atoms with Gasteiger partial charge in [0.2, 0.25) is 0 Å². The molecular weight excluding hydrogens is 613 g/mol. The van der Waals surface area contributed by atoms with E-state index in [1.54, 1.807) is 0 Å². The first-order valence-electron chi connectivity index (χ1n) is 19.6. The number of benzene rings is 2. The molecule has 0 radical (unpaired) electrons. The van der Waals surface area contributed by atoms with Crippen molar-refractivity contribution in [3.63, 3.8) is 0 Å². The lowest BCUT2D eigenvalue weighted by Crippen LogP contribution is -2.73. The highest BCUT2D eigenvalue weighted by atomic mass is 16.5. The summed E-state index contributed by atoms with van der Waals surface area (Å²) in [7, 11) is 0. The number of ether oxygens (including phenoxy) is 2. The summed E-state index contributed by atoms with van der Waals surface area (Å²) in [6, 6.07) is 4.86. The van der Waals surface area contributed by atoms with Crippen LogP contribution < -0.4 is 9.47 Å². The van der Waals surface area contributed by atoms with Gasteiger partial charge in [-0.2, -0.15) is 0 Å². The number of rotatable bonds is 6. The lowest BCUT2D eigenvalue weighted by molar-refractivity contribution is -0.0599. The number of allylic oxidation sites excluding steroid dienone is 2. The number of aliphatic imine (C=N–C) groups is 2. The van der Waals surface area contributed by atoms with Gasteiger partial charge in [0.15, 0.2) is 11.2 Å². The number of nitrogens with zero attached hydrogens (tertiary/aromatic N) is 2. The van der Waals surface area contributed by atoms with E-state index < -0.39 is 11.2 Å². The van der Waals surface area contributed by atoms with Crippen LogP contribution in [0.5, 0.6) is 11.5 Å². The topological polar surface area (TPSA) is 43.2 Å². The lowest BCUT2D eigenvalue weighted by atomic mass is 9.43. The molecule has 50 heavy (non-hydrogen) atoms. The van der Waals surface area contributed by atoms with Crippen molar-refractivity contribution in [2.45, 2.75) is 157 Å². The predicted molar refractivity (Wildman–Crippen MR) is 211 cm³/mol. The molecule has 6 atom stereocenters. The van der Waals surface area contributed by atoms with E-state index in [0.29, 0.717) is 35.5 Å². The van der Waals surface area contributed by atoms with E-state index in [0.717, 1.165) is 34.3 Å². The van der Waals surface area contributed by atoms with Gasteiger partial charge in [-0.05, 0) is 90.0 Å². The Morgan fingerprint density at radius 3 is 1.50 bits per heavy atom. The maximum atomic E-state index is 7.69. The Labute approximate surface area is 303 Å². The van der Waals surface area contributed by atoms with Crippen LogP contribution in [0.3, 0.4) is 0 Å². The summed E-state index contributed by atoms with van der Waals surface area (Å²) in [5, 5.41) is 0. The first-order valence-corrected chi connectivity index (χ1v) is 19.6. The fourth-order valence-corrected chi connectivity index (χ4v) is 10.6. The fourth-order valence-electron chi connectivity index (χ4n) is 10.6. The van der Waals surface area contributed by atoms with Gasteiger partial charge in [-0.15, -0.1) is 0 Å². The molecule has 8 rings (SSSR count). The van der Waals surface area contributed by atoms with Gasteiger partial charge in [-0.1, -0.05) is 120 Å². The molecule has 2 heterocycles. The number of hydrogen-bond acceptors (Lipinski definition) is 4. The highest BCUT2D eigenvalue weighted by Crippen LogP contribution is 2.66. The van der Waals surface area contributed by atoms with E-state index in [-0.39, 0.29) is 23.2 Å². The van der Waals surface area contributed by atoms with E-state index in [2.05, 4.69) is 141 Å². The third-order valence-electron chi connectivity index (χ3n) is 13.1. The minimum atomic E-state index is -0.636. The van der Waals surface area contributed by atoms with Crippen molar-refractivity contribution in [3.8, 4) is 11.5 Å². The highest BCUT2D eigenvalue weighted by Gasteiger charge is 2.70. The van der Waals surface area contributed by atoms with Crippen molar-refractivity contribution >= 4 is 22.8 Å². The Morgan fingerprint density at radius 2 is 1.04 bits per heavy atom. The molecule has 4 nitrogen and oxygen atoms in total. The van der Waals surface area contributed by atoms with Gasteiger partial charge < -0.3 is 9.47 Å². The summed E-state index contributed by atoms with van der Waals surface area (Å²) in [5.74, 6) is 4.45. The number of fused-ring (bicyclic) bond motifs is 3. The third-order valence-corrected chi connectivity index (χ3v) is 13.1. The molecule has 0 aromatic heterocycles. The van der Waals surface area contributed by atoms with E-state index >= 15 is 0 Å². The molecule has 4 heteroatoms. The van der Waals surface area contributed by atoms with Crippen molar-refractivity contribution in [1.82, 2.24) is 0 Å². The molecule has 2 aliphatic heterocycles. The second-order valence-corrected chi connectivity index (χ2v) is 18.6. The molecule has 0 spiro atoms. The summed E-state index contributed by atoms with van der Waals surface area (Å²) in [6.07, 6.45) is 7.42. The Balaban J connectivity index is 1.48. The van der Waals surface area contributed by atoms with Crippen LogP contribution in [0.1, 0.15) is 180 Å². The predicted octanol–water partition coefficient (Wildman–Crippen LogP) is 13.0. The zero-order valence-electron chi connectivity index (χ0n) is 33.8. The maximum absolute atomic E-state index is 7.69. The Morgan fingerprint density at radius 1 is 0.580 bits per heavy atom. The maximum Gasteiger partial charge on any atom is 0.152 e. The Kier molecular flexibility index (Phi) is 8.06.